The van der Waals surface area contributed by atoms with Crippen molar-refractivity contribution in [3.8, 4) is 11.5 Å². The van der Waals surface area contributed by atoms with E-state index in [1.165, 1.54) is 23.5 Å². The maximum atomic E-state index is 12.9. The van der Waals surface area contributed by atoms with Crippen molar-refractivity contribution in [2.45, 2.75) is 30.7 Å². The van der Waals surface area contributed by atoms with Crippen LogP contribution in [0.15, 0.2) is 63.2 Å². The highest BCUT2D eigenvalue weighted by atomic mass is 32.2. The van der Waals surface area contributed by atoms with Gasteiger partial charge in [-0.3, -0.25) is 10.1 Å². The zero-order chi connectivity index (χ0) is 21.6. The predicted molar refractivity (Wildman–Crippen MR) is 120 cm³/mol. The number of thiazole rings is 1. The van der Waals surface area contributed by atoms with E-state index in [0.717, 1.165) is 23.8 Å². The number of carbonyl (C=O) groups is 1. The average Bonchev–Trinajstić information content (AvgIpc) is 3.25. The molecule has 2 heterocycles. The Bertz CT molecular complexity index is 1370. The lowest BCUT2D eigenvalue weighted by Crippen LogP contribution is -2.26. The summed E-state index contributed by atoms with van der Waals surface area (Å²) in [4.78, 5) is 17.4. The molecule has 1 saturated carbocycles. The number of para-hydroxylation sites is 1. The number of nitrogens with zero attached hydrogens (tertiary/aromatic N) is 1. The Balaban J connectivity index is 1.37. The standard InChI is InChI=1S/C22H19N3O4S2/c1-13-6-9-16(31(27,28)25-15-7-8-15)11-17(13)21(26)24-22-23-18(12-30-22)20-10-14-4-2-3-5-19(14)29-20/h2-6,9-12,15,25H,7-8H2,1H3,(H,23,24,26). The van der Waals surface area contributed by atoms with Crippen molar-refractivity contribution in [2.24, 2.45) is 0 Å². The van der Waals surface area contributed by atoms with E-state index in [2.05, 4.69) is 15.0 Å². The van der Waals surface area contributed by atoms with E-state index < -0.39 is 15.9 Å². The predicted octanol–water partition coefficient (Wildman–Crippen LogP) is 4.56. The molecular weight excluding hydrogens is 434 g/mol. The van der Waals surface area contributed by atoms with Crippen LogP contribution in [-0.4, -0.2) is 25.4 Å². The van der Waals surface area contributed by atoms with Gasteiger partial charge in [0, 0.05) is 22.4 Å². The molecule has 31 heavy (non-hydrogen) atoms. The minimum absolute atomic E-state index is 0.00410. The number of nitrogens with one attached hydrogen (secondary N) is 2. The number of aryl methyl sites for hydroxylation is 1. The molecule has 1 fully saturated rings. The Labute approximate surface area is 183 Å². The van der Waals surface area contributed by atoms with Crippen LogP contribution >= 0.6 is 11.3 Å². The summed E-state index contributed by atoms with van der Waals surface area (Å²) >= 11 is 1.28. The maximum Gasteiger partial charge on any atom is 0.257 e. The molecule has 0 spiro atoms. The highest BCUT2D eigenvalue weighted by molar-refractivity contribution is 7.89. The normalized spacial score (nSPS) is 14.1. The lowest BCUT2D eigenvalue weighted by molar-refractivity contribution is 0.102. The molecule has 0 saturated heterocycles. The highest BCUT2D eigenvalue weighted by Gasteiger charge is 2.28. The lowest BCUT2D eigenvalue weighted by Gasteiger charge is -2.10. The van der Waals surface area contributed by atoms with Crippen molar-refractivity contribution in [3.05, 3.63) is 65.0 Å². The first-order valence-electron chi connectivity index (χ1n) is 9.78. The molecule has 1 aliphatic carbocycles. The molecular formula is C22H19N3O4S2. The third-order valence-electron chi connectivity index (χ3n) is 5.07. The Morgan fingerprint density at radius 2 is 1.97 bits per heavy atom. The fraction of sp³-hybridized carbons (Fsp3) is 0.182. The maximum absolute atomic E-state index is 12.9. The number of rotatable bonds is 6. The van der Waals surface area contributed by atoms with E-state index in [9.17, 15) is 13.2 Å². The van der Waals surface area contributed by atoms with E-state index in [-0.39, 0.29) is 10.9 Å². The topological polar surface area (TPSA) is 101 Å². The molecule has 4 aromatic rings. The van der Waals surface area contributed by atoms with Gasteiger partial charge >= 0.3 is 0 Å². The van der Waals surface area contributed by atoms with Crippen LogP contribution in [0.1, 0.15) is 28.8 Å². The zero-order valence-corrected chi connectivity index (χ0v) is 18.2. The van der Waals surface area contributed by atoms with Gasteiger partial charge in [-0.05, 0) is 49.6 Å². The third-order valence-corrected chi connectivity index (χ3v) is 7.34. The van der Waals surface area contributed by atoms with Gasteiger partial charge in [-0.25, -0.2) is 18.1 Å². The first-order chi connectivity index (χ1) is 14.9. The molecule has 2 aromatic carbocycles. The Hall–Kier alpha value is -3.01. The molecule has 0 radical (unpaired) electrons. The summed E-state index contributed by atoms with van der Waals surface area (Å²) in [6.45, 7) is 1.77. The van der Waals surface area contributed by atoms with Gasteiger partial charge in [0.25, 0.3) is 5.91 Å². The van der Waals surface area contributed by atoms with E-state index >= 15 is 0 Å². The van der Waals surface area contributed by atoms with Crippen molar-refractivity contribution < 1.29 is 17.6 Å². The molecule has 158 valence electrons. The SMILES string of the molecule is Cc1ccc(S(=O)(=O)NC2CC2)cc1C(=O)Nc1nc(-c2cc3ccccc3o2)cs1. The number of hydrogen-bond acceptors (Lipinski definition) is 6. The monoisotopic (exact) mass is 453 g/mol. The van der Waals surface area contributed by atoms with Gasteiger partial charge in [-0.2, -0.15) is 0 Å². The number of anilines is 1. The molecule has 7 nitrogen and oxygen atoms in total. The molecule has 9 heteroatoms. The van der Waals surface area contributed by atoms with E-state index in [1.54, 1.807) is 18.4 Å². The van der Waals surface area contributed by atoms with E-state index in [0.29, 0.717) is 27.7 Å². The third kappa shape index (κ3) is 4.12. The van der Waals surface area contributed by atoms with Gasteiger partial charge < -0.3 is 4.42 Å². The summed E-state index contributed by atoms with van der Waals surface area (Å²) in [6.07, 6.45) is 1.69. The summed E-state index contributed by atoms with van der Waals surface area (Å²) in [6, 6.07) is 14.1. The molecule has 2 aromatic heterocycles. The van der Waals surface area contributed by atoms with Crippen molar-refractivity contribution >= 4 is 43.4 Å². The number of furan rings is 1. The molecule has 0 bridgehead atoms. The molecule has 1 amide bonds. The highest BCUT2D eigenvalue weighted by Crippen LogP contribution is 2.30. The quantitative estimate of drug-likeness (QED) is 0.446. The summed E-state index contributed by atoms with van der Waals surface area (Å²) in [5, 5.41) is 5.96. The van der Waals surface area contributed by atoms with Crippen molar-refractivity contribution in [3.63, 3.8) is 0 Å². The van der Waals surface area contributed by atoms with Crippen LogP contribution in [-0.2, 0) is 10.0 Å². The van der Waals surface area contributed by atoms with Gasteiger partial charge in [0.1, 0.15) is 11.3 Å². The van der Waals surface area contributed by atoms with Crippen LogP contribution in [0.5, 0.6) is 0 Å². The summed E-state index contributed by atoms with van der Waals surface area (Å²) in [5.74, 6) is 0.208. The van der Waals surface area contributed by atoms with Gasteiger partial charge in [-0.15, -0.1) is 11.3 Å². The molecule has 0 unspecified atom stereocenters. The first kappa shape index (κ1) is 19.9. The molecule has 1 aliphatic rings. The largest absolute Gasteiger partial charge is 0.454 e. The number of amides is 1. The van der Waals surface area contributed by atoms with Crippen LogP contribution in [0.3, 0.4) is 0 Å². The number of hydrogen-bond donors (Lipinski definition) is 2. The second kappa shape index (κ2) is 7.60. The van der Waals surface area contributed by atoms with Gasteiger partial charge in [0.2, 0.25) is 10.0 Å². The van der Waals surface area contributed by atoms with E-state index in [1.807, 2.05) is 30.3 Å². The summed E-state index contributed by atoms with van der Waals surface area (Å²) in [5.41, 5.74) is 2.36. The Morgan fingerprint density at radius 1 is 1.16 bits per heavy atom. The molecule has 0 aliphatic heterocycles. The Kier molecular flexibility index (Phi) is 4.88. The minimum Gasteiger partial charge on any atom is -0.454 e. The zero-order valence-electron chi connectivity index (χ0n) is 16.6. The van der Waals surface area contributed by atoms with Crippen LogP contribution in [0.25, 0.3) is 22.4 Å². The second-order valence-corrected chi connectivity index (χ2v) is 10.1. The van der Waals surface area contributed by atoms with Crippen LogP contribution in [0, 0.1) is 6.92 Å². The number of carbonyl (C=O) groups excluding carboxylic acids is 1. The van der Waals surface area contributed by atoms with Gasteiger partial charge in [-0.1, -0.05) is 24.3 Å². The fourth-order valence-electron chi connectivity index (χ4n) is 3.22. The van der Waals surface area contributed by atoms with E-state index in [4.69, 9.17) is 4.42 Å². The minimum atomic E-state index is -3.64. The smallest absolute Gasteiger partial charge is 0.257 e. The molecule has 0 atom stereocenters. The summed E-state index contributed by atoms with van der Waals surface area (Å²) in [7, 11) is -3.64. The fourth-order valence-corrected chi connectivity index (χ4v) is 5.24. The number of sulfonamides is 1. The van der Waals surface area contributed by atoms with Gasteiger partial charge in [0.05, 0.1) is 4.90 Å². The lowest BCUT2D eigenvalue weighted by atomic mass is 10.1. The van der Waals surface area contributed by atoms with Crippen LogP contribution < -0.4 is 10.0 Å². The van der Waals surface area contributed by atoms with Crippen molar-refractivity contribution in [1.29, 1.82) is 0 Å². The number of aromatic nitrogens is 1. The van der Waals surface area contributed by atoms with Crippen molar-refractivity contribution in [1.82, 2.24) is 9.71 Å². The first-order valence-corrected chi connectivity index (χ1v) is 12.1. The summed E-state index contributed by atoms with van der Waals surface area (Å²) < 4.78 is 33.5. The molecule has 2 N–H and O–H groups in total. The van der Waals surface area contributed by atoms with Crippen LogP contribution in [0.4, 0.5) is 5.13 Å². The average molecular weight is 454 g/mol. The number of benzene rings is 2. The van der Waals surface area contributed by atoms with Gasteiger partial charge in [0.15, 0.2) is 10.9 Å². The van der Waals surface area contributed by atoms with Crippen molar-refractivity contribution in [2.75, 3.05) is 5.32 Å². The number of fused-ring (bicyclic) bond motifs is 1. The second-order valence-electron chi connectivity index (χ2n) is 7.51. The molecule has 5 rings (SSSR count). The Morgan fingerprint density at radius 3 is 2.74 bits per heavy atom. The van der Waals surface area contributed by atoms with Crippen LogP contribution in [0.2, 0.25) is 0 Å².